The molecule has 3 aliphatic rings. The summed E-state index contributed by atoms with van der Waals surface area (Å²) < 4.78 is 38.3. The lowest BCUT2D eigenvalue weighted by Crippen LogP contribution is -2.50. The van der Waals surface area contributed by atoms with Crippen molar-refractivity contribution in [3.63, 3.8) is 0 Å². The molecule has 4 heterocycles. The Morgan fingerprint density at radius 2 is 1.86 bits per heavy atom. The third kappa shape index (κ3) is 4.27. The number of thiophene rings is 1. The average molecular weight is 430 g/mol. The molecule has 0 spiro atoms. The van der Waals surface area contributed by atoms with Gasteiger partial charge < -0.3 is 14.4 Å². The van der Waals surface area contributed by atoms with Crippen molar-refractivity contribution in [3.05, 3.63) is 16.3 Å². The van der Waals surface area contributed by atoms with Gasteiger partial charge in [-0.3, -0.25) is 9.69 Å². The van der Waals surface area contributed by atoms with Crippen LogP contribution in [0.2, 0.25) is 0 Å². The summed E-state index contributed by atoms with van der Waals surface area (Å²) in [7, 11) is -3.67. The molecule has 8 nitrogen and oxygen atoms in total. The van der Waals surface area contributed by atoms with Gasteiger partial charge in [0.2, 0.25) is 10.0 Å². The van der Waals surface area contributed by atoms with Crippen molar-refractivity contribution in [2.45, 2.75) is 23.8 Å². The van der Waals surface area contributed by atoms with Crippen molar-refractivity contribution in [3.8, 4) is 0 Å². The summed E-state index contributed by atoms with van der Waals surface area (Å²) in [5, 5.41) is 1.69. The Labute approximate surface area is 170 Å². The number of rotatable bonds is 5. The smallest absolute Gasteiger partial charge is 0.265 e. The van der Waals surface area contributed by atoms with E-state index < -0.39 is 10.0 Å². The summed E-state index contributed by atoms with van der Waals surface area (Å²) in [5.74, 6) is -0.182. The Balaban J connectivity index is 1.40. The van der Waals surface area contributed by atoms with Crippen LogP contribution < -0.4 is 0 Å². The van der Waals surface area contributed by atoms with Gasteiger partial charge in [0.15, 0.2) is 0 Å². The van der Waals surface area contributed by atoms with E-state index >= 15 is 0 Å². The van der Waals surface area contributed by atoms with Crippen molar-refractivity contribution in [2.75, 3.05) is 65.6 Å². The van der Waals surface area contributed by atoms with Crippen molar-refractivity contribution in [2.24, 2.45) is 0 Å². The van der Waals surface area contributed by atoms with E-state index in [4.69, 9.17) is 9.47 Å². The Kier molecular flexibility index (Phi) is 6.34. The number of morpholine rings is 1. The minimum absolute atomic E-state index is 0.131. The molecule has 10 heteroatoms. The summed E-state index contributed by atoms with van der Waals surface area (Å²) in [6, 6.07) is 1.55. The summed E-state index contributed by atoms with van der Waals surface area (Å²) in [5.41, 5.74) is 0. The van der Waals surface area contributed by atoms with Gasteiger partial charge in [-0.15, -0.1) is 11.3 Å². The summed E-state index contributed by atoms with van der Waals surface area (Å²) >= 11 is 1.21. The van der Waals surface area contributed by atoms with Crippen molar-refractivity contribution < 1.29 is 22.7 Å². The maximum absolute atomic E-state index is 13.0. The van der Waals surface area contributed by atoms with Gasteiger partial charge in [-0.25, -0.2) is 8.42 Å². The van der Waals surface area contributed by atoms with E-state index in [0.717, 1.165) is 39.1 Å². The number of carbonyl (C=O) groups excluding carboxylic acids is 1. The second-order valence-corrected chi connectivity index (χ2v) is 10.2. The maximum atomic E-state index is 13.0. The molecule has 1 amide bonds. The molecular weight excluding hydrogens is 402 g/mol. The molecule has 28 heavy (non-hydrogen) atoms. The summed E-state index contributed by atoms with van der Waals surface area (Å²) in [6.45, 7) is 6.01. The number of nitrogens with zero attached hydrogens (tertiary/aromatic N) is 3. The van der Waals surface area contributed by atoms with Gasteiger partial charge in [0.25, 0.3) is 5.91 Å². The number of carbonyl (C=O) groups is 1. The molecule has 0 saturated carbocycles. The third-order valence-corrected chi connectivity index (χ3v) is 8.53. The fraction of sp³-hybridized carbons (Fsp3) is 0.722. The van der Waals surface area contributed by atoms with Gasteiger partial charge in [0.05, 0.1) is 19.3 Å². The lowest BCUT2D eigenvalue weighted by Gasteiger charge is -2.35. The predicted molar refractivity (Wildman–Crippen MR) is 105 cm³/mol. The lowest BCUT2D eigenvalue weighted by molar-refractivity contribution is 0.0433. The van der Waals surface area contributed by atoms with Crippen molar-refractivity contribution in [1.82, 2.24) is 14.1 Å². The molecule has 1 aromatic heterocycles. The van der Waals surface area contributed by atoms with E-state index in [0.29, 0.717) is 50.4 Å². The monoisotopic (exact) mass is 429 g/mol. The quantitative estimate of drug-likeness (QED) is 0.686. The molecule has 156 valence electrons. The molecule has 1 atom stereocenters. The van der Waals surface area contributed by atoms with Gasteiger partial charge in [0.1, 0.15) is 9.77 Å². The van der Waals surface area contributed by atoms with Crippen LogP contribution in [0, 0.1) is 0 Å². The Morgan fingerprint density at radius 1 is 1.11 bits per heavy atom. The van der Waals surface area contributed by atoms with Gasteiger partial charge >= 0.3 is 0 Å². The van der Waals surface area contributed by atoms with Crippen LogP contribution in [-0.2, 0) is 19.5 Å². The molecule has 0 N–H and O–H groups in total. The molecule has 0 aromatic carbocycles. The minimum atomic E-state index is -3.67. The molecule has 1 aromatic rings. The highest BCUT2D eigenvalue weighted by Crippen LogP contribution is 2.27. The first-order valence-electron chi connectivity index (χ1n) is 9.84. The van der Waals surface area contributed by atoms with Crippen molar-refractivity contribution in [1.29, 1.82) is 0 Å². The van der Waals surface area contributed by atoms with Crippen LogP contribution >= 0.6 is 11.3 Å². The fourth-order valence-corrected chi connectivity index (χ4v) is 6.71. The molecule has 0 aliphatic carbocycles. The van der Waals surface area contributed by atoms with E-state index in [-0.39, 0.29) is 10.8 Å². The zero-order valence-corrected chi connectivity index (χ0v) is 17.5. The topological polar surface area (TPSA) is 79.4 Å². The van der Waals surface area contributed by atoms with E-state index in [1.54, 1.807) is 16.3 Å². The largest absolute Gasteiger partial charge is 0.379 e. The van der Waals surface area contributed by atoms with E-state index in [9.17, 15) is 13.2 Å². The Bertz CT molecular complexity index is 777. The van der Waals surface area contributed by atoms with E-state index in [1.165, 1.54) is 15.6 Å². The van der Waals surface area contributed by atoms with Gasteiger partial charge in [-0.05, 0) is 24.3 Å². The molecule has 0 radical (unpaired) electrons. The van der Waals surface area contributed by atoms with Gasteiger partial charge in [-0.1, -0.05) is 0 Å². The highest BCUT2D eigenvalue weighted by atomic mass is 32.2. The molecule has 3 aliphatic heterocycles. The molecule has 3 fully saturated rings. The predicted octanol–water partition coefficient (Wildman–Crippen LogP) is 0.706. The van der Waals surface area contributed by atoms with E-state index in [2.05, 4.69) is 4.90 Å². The highest BCUT2D eigenvalue weighted by molar-refractivity contribution is 7.89. The zero-order valence-electron chi connectivity index (χ0n) is 15.9. The van der Waals surface area contributed by atoms with Crippen LogP contribution in [0.15, 0.2) is 16.3 Å². The summed E-state index contributed by atoms with van der Waals surface area (Å²) in [6.07, 6.45) is 2.55. The second kappa shape index (κ2) is 8.76. The molecule has 1 unspecified atom stereocenters. The highest BCUT2D eigenvalue weighted by Gasteiger charge is 2.33. The number of hydrogen-bond donors (Lipinski definition) is 0. The van der Waals surface area contributed by atoms with Crippen LogP contribution in [0.1, 0.15) is 22.5 Å². The first-order valence-corrected chi connectivity index (χ1v) is 12.2. The number of sulfonamides is 1. The normalized spacial score (nSPS) is 25.3. The number of piperazine rings is 1. The molecular formula is C18H27N3O5S2. The second-order valence-electron chi connectivity index (χ2n) is 7.36. The number of ether oxygens (including phenoxy) is 2. The lowest BCUT2D eigenvalue weighted by atomic mass is 10.2. The number of amides is 1. The number of hydrogen-bond acceptors (Lipinski definition) is 7. The van der Waals surface area contributed by atoms with Crippen LogP contribution in [0.3, 0.4) is 0 Å². The molecule has 0 bridgehead atoms. The molecule has 3 saturated heterocycles. The first-order chi connectivity index (χ1) is 13.6. The van der Waals surface area contributed by atoms with Crippen LogP contribution in [0.5, 0.6) is 0 Å². The Morgan fingerprint density at radius 3 is 2.54 bits per heavy atom. The first kappa shape index (κ1) is 20.2. The zero-order chi connectivity index (χ0) is 19.6. The average Bonchev–Trinajstić information content (AvgIpc) is 3.41. The maximum Gasteiger partial charge on any atom is 0.265 e. The van der Waals surface area contributed by atoms with Crippen LogP contribution in [-0.4, -0.2) is 100 Å². The van der Waals surface area contributed by atoms with Gasteiger partial charge in [0, 0.05) is 52.4 Å². The van der Waals surface area contributed by atoms with Crippen molar-refractivity contribution >= 4 is 27.3 Å². The third-order valence-electron chi connectivity index (χ3n) is 5.56. The standard InChI is InChI=1S/C18H27N3O5S2/c22-18(20-6-4-19(5-7-20)14-15-2-1-10-26-15)17-16(3-13-27-17)28(23,24)21-8-11-25-12-9-21/h3,13,15H,1-2,4-12,14H2. The van der Waals surface area contributed by atoms with Gasteiger partial charge in [-0.2, -0.15) is 4.31 Å². The minimum Gasteiger partial charge on any atom is -0.379 e. The van der Waals surface area contributed by atoms with Crippen LogP contribution in [0.4, 0.5) is 0 Å². The SMILES string of the molecule is O=C(c1sccc1S(=O)(=O)N1CCOCC1)N1CCN(CC2CCCO2)CC1. The van der Waals surface area contributed by atoms with Crippen LogP contribution in [0.25, 0.3) is 0 Å². The molecule has 4 rings (SSSR count). The van der Waals surface area contributed by atoms with E-state index in [1.807, 2.05) is 0 Å². The summed E-state index contributed by atoms with van der Waals surface area (Å²) in [4.78, 5) is 17.6. The Hall–Kier alpha value is -1.04. The fourth-order valence-electron chi connectivity index (χ4n) is 3.94.